The van der Waals surface area contributed by atoms with E-state index < -0.39 is 11.7 Å². The molecule has 128 valence electrons. The third kappa shape index (κ3) is 3.96. The van der Waals surface area contributed by atoms with Gasteiger partial charge in [0.1, 0.15) is 5.82 Å². The van der Waals surface area contributed by atoms with Crippen LogP contribution in [0.15, 0.2) is 30.3 Å². The smallest absolute Gasteiger partial charge is 0.351 e. The Morgan fingerprint density at radius 1 is 1.08 bits per heavy atom. The van der Waals surface area contributed by atoms with E-state index in [0.717, 1.165) is 18.9 Å². The Morgan fingerprint density at radius 2 is 1.79 bits per heavy atom. The molecule has 0 saturated heterocycles. The SMILES string of the molecule is Cc1cc(Nc2ccccc2C(F)(F)F)nc(NC2CCCC2)n1. The predicted molar refractivity (Wildman–Crippen MR) is 87.4 cm³/mol. The highest BCUT2D eigenvalue weighted by Gasteiger charge is 2.33. The van der Waals surface area contributed by atoms with E-state index in [1.165, 1.54) is 25.0 Å². The first-order valence-corrected chi connectivity index (χ1v) is 7.97. The van der Waals surface area contributed by atoms with Gasteiger partial charge in [0.15, 0.2) is 0 Å². The Labute approximate surface area is 138 Å². The second-order valence-electron chi connectivity index (χ2n) is 6.01. The molecule has 24 heavy (non-hydrogen) atoms. The molecule has 0 unspecified atom stereocenters. The number of hydrogen-bond acceptors (Lipinski definition) is 4. The number of hydrogen-bond donors (Lipinski definition) is 2. The van der Waals surface area contributed by atoms with Crippen molar-refractivity contribution in [3.63, 3.8) is 0 Å². The van der Waals surface area contributed by atoms with Gasteiger partial charge in [0.05, 0.1) is 11.3 Å². The fraction of sp³-hybridized carbons (Fsp3) is 0.412. The molecule has 1 aliphatic rings. The maximum Gasteiger partial charge on any atom is 0.418 e. The first kappa shape index (κ1) is 16.5. The van der Waals surface area contributed by atoms with Gasteiger partial charge in [-0.05, 0) is 31.9 Å². The number of anilines is 3. The number of nitrogens with zero attached hydrogens (tertiary/aromatic N) is 2. The standard InChI is InChI=1S/C17H19F3N4/c1-11-10-15(24-16(21-11)22-12-6-2-3-7-12)23-14-9-5-4-8-13(14)17(18,19)20/h4-5,8-10,12H,2-3,6-7H2,1H3,(H2,21,22,23,24). The Kier molecular flexibility index (Phi) is 4.59. The van der Waals surface area contributed by atoms with Crippen LogP contribution in [0.4, 0.5) is 30.6 Å². The molecule has 0 amide bonds. The van der Waals surface area contributed by atoms with Crippen LogP contribution >= 0.6 is 0 Å². The second-order valence-corrected chi connectivity index (χ2v) is 6.01. The van der Waals surface area contributed by atoms with E-state index in [1.807, 2.05) is 0 Å². The zero-order valence-corrected chi connectivity index (χ0v) is 13.3. The van der Waals surface area contributed by atoms with Crippen molar-refractivity contribution >= 4 is 17.5 Å². The fourth-order valence-corrected chi connectivity index (χ4v) is 2.93. The van der Waals surface area contributed by atoms with Crippen LogP contribution in [0, 0.1) is 6.92 Å². The van der Waals surface area contributed by atoms with Gasteiger partial charge in [0, 0.05) is 17.8 Å². The van der Waals surface area contributed by atoms with Crippen molar-refractivity contribution in [3.8, 4) is 0 Å². The van der Waals surface area contributed by atoms with Gasteiger partial charge in [0.2, 0.25) is 5.95 Å². The van der Waals surface area contributed by atoms with Crippen molar-refractivity contribution in [1.82, 2.24) is 9.97 Å². The first-order chi connectivity index (χ1) is 11.4. The summed E-state index contributed by atoms with van der Waals surface area (Å²) in [4.78, 5) is 8.64. The van der Waals surface area contributed by atoms with Crippen LogP contribution in [0.2, 0.25) is 0 Å². The van der Waals surface area contributed by atoms with Gasteiger partial charge < -0.3 is 10.6 Å². The summed E-state index contributed by atoms with van der Waals surface area (Å²) in [5, 5.41) is 6.04. The van der Waals surface area contributed by atoms with Gasteiger partial charge in [-0.3, -0.25) is 0 Å². The Morgan fingerprint density at radius 3 is 2.50 bits per heavy atom. The van der Waals surface area contributed by atoms with Crippen molar-refractivity contribution in [2.24, 2.45) is 0 Å². The summed E-state index contributed by atoms with van der Waals surface area (Å²) in [6.45, 7) is 1.79. The van der Waals surface area contributed by atoms with Crippen molar-refractivity contribution in [2.75, 3.05) is 10.6 Å². The summed E-state index contributed by atoms with van der Waals surface area (Å²) in [5.74, 6) is 0.800. The van der Waals surface area contributed by atoms with Crippen molar-refractivity contribution in [1.29, 1.82) is 0 Å². The molecule has 0 aliphatic heterocycles. The normalized spacial score (nSPS) is 15.5. The van der Waals surface area contributed by atoms with Gasteiger partial charge >= 0.3 is 6.18 Å². The lowest BCUT2D eigenvalue weighted by atomic mass is 10.1. The average molecular weight is 336 g/mol. The molecule has 2 aromatic rings. The quantitative estimate of drug-likeness (QED) is 0.833. The topological polar surface area (TPSA) is 49.8 Å². The highest BCUT2D eigenvalue weighted by Crippen LogP contribution is 2.35. The summed E-state index contributed by atoms with van der Waals surface area (Å²) in [6, 6.07) is 7.34. The molecule has 1 aliphatic carbocycles. The van der Waals surface area contributed by atoms with Gasteiger partial charge in [-0.25, -0.2) is 4.98 Å². The molecule has 0 atom stereocenters. The van der Waals surface area contributed by atoms with E-state index in [0.29, 0.717) is 23.5 Å². The van der Waals surface area contributed by atoms with Crippen molar-refractivity contribution in [2.45, 2.75) is 44.8 Å². The minimum Gasteiger partial charge on any atom is -0.351 e. The van der Waals surface area contributed by atoms with Gasteiger partial charge in [-0.2, -0.15) is 18.2 Å². The molecule has 0 radical (unpaired) electrons. The summed E-state index contributed by atoms with van der Waals surface area (Å²) in [6.07, 6.45) is 0.0611. The number of alkyl halides is 3. The zero-order chi connectivity index (χ0) is 17.2. The summed E-state index contributed by atoms with van der Waals surface area (Å²) in [5.41, 5.74) is -0.0426. The van der Waals surface area contributed by atoms with Crippen LogP contribution in [0.3, 0.4) is 0 Å². The minimum atomic E-state index is -4.42. The summed E-state index contributed by atoms with van der Waals surface area (Å²) >= 11 is 0. The van der Waals surface area contributed by atoms with Crippen molar-refractivity contribution < 1.29 is 13.2 Å². The molecule has 3 rings (SSSR count). The highest BCUT2D eigenvalue weighted by atomic mass is 19.4. The van der Waals surface area contributed by atoms with Crippen LogP contribution in [0.5, 0.6) is 0 Å². The highest BCUT2D eigenvalue weighted by molar-refractivity contribution is 5.62. The Balaban J connectivity index is 1.84. The zero-order valence-electron chi connectivity index (χ0n) is 13.3. The lowest BCUT2D eigenvalue weighted by Crippen LogP contribution is -2.17. The van der Waals surface area contributed by atoms with E-state index in [-0.39, 0.29) is 5.69 Å². The average Bonchev–Trinajstić information content (AvgIpc) is 2.99. The van der Waals surface area contributed by atoms with Crippen LogP contribution in [0.1, 0.15) is 36.9 Å². The Hall–Kier alpha value is -2.31. The monoisotopic (exact) mass is 336 g/mol. The van der Waals surface area contributed by atoms with E-state index in [1.54, 1.807) is 19.1 Å². The van der Waals surface area contributed by atoms with E-state index in [9.17, 15) is 13.2 Å². The van der Waals surface area contributed by atoms with E-state index >= 15 is 0 Å². The molecule has 1 aromatic heterocycles. The van der Waals surface area contributed by atoms with Crippen molar-refractivity contribution in [3.05, 3.63) is 41.6 Å². The molecule has 0 bridgehead atoms. The third-order valence-corrected chi connectivity index (χ3v) is 4.04. The maximum absolute atomic E-state index is 13.1. The van der Waals surface area contributed by atoms with Gasteiger partial charge in [-0.1, -0.05) is 25.0 Å². The molecular weight excluding hydrogens is 317 g/mol. The first-order valence-electron chi connectivity index (χ1n) is 7.97. The van der Waals surface area contributed by atoms with Gasteiger partial charge in [0.25, 0.3) is 0 Å². The third-order valence-electron chi connectivity index (χ3n) is 4.04. The molecular formula is C17H19F3N4. The van der Waals surface area contributed by atoms with Crippen LogP contribution < -0.4 is 10.6 Å². The van der Waals surface area contributed by atoms with Crippen LogP contribution in [-0.2, 0) is 6.18 Å². The minimum absolute atomic E-state index is 0.0186. The number of para-hydroxylation sites is 1. The number of benzene rings is 1. The maximum atomic E-state index is 13.1. The van der Waals surface area contributed by atoms with E-state index in [2.05, 4.69) is 20.6 Å². The molecule has 2 N–H and O–H groups in total. The number of halogens is 3. The predicted octanol–water partition coefficient (Wildman–Crippen LogP) is 4.90. The van der Waals surface area contributed by atoms with Crippen LogP contribution in [0.25, 0.3) is 0 Å². The number of aromatic nitrogens is 2. The molecule has 7 heteroatoms. The molecule has 1 saturated carbocycles. The summed E-state index contributed by atoms with van der Waals surface area (Å²) < 4.78 is 39.3. The summed E-state index contributed by atoms with van der Waals surface area (Å²) in [7, 11) is 0. The number of rotatable bonds is 4. The molecule has 1 heterocycles. The fourth-order valence-electron chi connectivity index (χ4n) is 2.93. The van der Waals surface area contributed by atoms with E-state index in [4.69, 9.17) is 0 Å². The molecule has 0 spiro atoms. The van der Waals surface area contributed by atoms with Gasteiger partial charge in [-0.15, -0.1) is 0 Å². The Bertz CT molecular complexity index is 709. The lowest BCUT2D eigenvalue weighted by Gasteiger charge is -2.16. The van der Waals surface area contributed by atoms with Crippen LogP contribution in [-0.4, -0.2) is 16.0 Å². The largest absolute Gasteiger partial charge is 0.418 e. The molecule has 1 fully saturated rings. The number of nitrogens with one attached hydrogen (secondary N) is 2. The lowest BCUT2D eigenvalue weighted by molar-refractivity contribution is -0.136. The number of aryl methyl sites for hydroxylation is 1. The molecule has 1 aromatic carbocycles. The molecule has 4 nitrogen and oxygen atoms in total. The second kappa shape index (κ2) is 6.67.